The van der Waals surface area contributed by atoms with Crippen molar-refractivity contribution in [2.75, 3.05) is 36.4 Å². The summed E-state index contributed by atoms with van der Waals surface area (Å²) < 4.78 is 39.2. The molecule has 1 heterocycles. The van der Waals surface area contributed by atoms with Crippen molar-refractivity contribution in [3.05, 3.63) is 156 Å². The number of amides is 1. The van der Waals surface area contributed by atoms with Gasteiger partial charge in [-0.25, -0.2) is 0 Å². The van der Waals surface area contributed by atoms with Crippen molar-refractivity contribution in [3.63, 3.8) is 0 Å². The number of carbonyl (C=O) groups is 2. The number of alkyl halides is 3. The van der Waals surface area contributed by atoms with Gasteiger partial charge in [-0.15, -0.1) is 0 Å². The highest BCUT2D eigenvalue weighted by Gasteiger charge is 2.31. The molecule has 1 aliphatic rings. The van der Waals surface area contributed by atoms with Crippen LogP contribution >= 0.6 is 0 Å². The van der Waals surface area contributed by atoms with Gasteiger partial charge in [-0.2, -0.15) is 13.2 Å². The lowest BCUT2D eigenvalue weighted by Gasteiger charge is -2.39. The lowest BCUT2D eigenvalue weighted by atomic mass is 9.93. The van der Waals surface area contributed by atoms with Gasteiger partial charge in [0.25, 0.3) is 0 Å². The van der Waals surface area contributed by atoms with Crippen LogP contribution in [0, 0.1) is 0 Å². The second kappa shape index (κ2) is 14.1. The molecular formula is C39H34F3N3O2. The van der Waals surface area contributed by atoms with Crippen molar-refractivity contribution in [1.29, 1.82) is 0 Å². The number of Topliss-reactive ketones (excluding diaryl/α,β-unsaturated/α-hetero) is 1. The Kier molecular flexibility index (Phi) is 9.50. The van der Waals surface area contributed by atoms with Crippen molar-refractivity contribution in [2.24, 2.45) is 0 Å². The number of halogens is 3. The van der Waals surface area contributed by atoms with Crippen LogP contribution in [0.2, 0.25) is 0 Å². The minimum atomic E-state index is -4.42. The second-order valence-electron chi connectivity index (χ2n) is 11.6. The van der Waals surface area contributed by atoms with Crippen LogP contribution in [-0.4, -0.2) is 42.8 Å². The second-order valence-corrected chi connectivity index (χ2v) is 11.6. The van der Waals surface area contributed by atoms with Crippen LogP contribution in [0.3, 0.4) is 0 Å². The van der Waals surface area contributed by atoms with E-state index >= 15 is 0 Å². The molecule has 1 N–H and O–H groups in total. The van der Waals surface area contributed by atoms with Gasteiger partial charge in [-0.3, -0.25) is 14.5 Å². The molecule has 5 nitrogen and oxygen atoms in total. The first-order valence-electron chi connectivity index (χ1n) is 15.5. The van der Waals surface area contributed by atoms with E-state index in [0.717, 1.165) is 47.7 Å². The van der Waals surface area contributed by atoms with Crippen LogP contribution in [0.1, 0.15) is 33.1 Å². The maximum atomic E-state index is 13.5. The Hall–Kier alpha value is -5.21. The van der Waals surface area contributed by atoms with Gasteiger partial charge in [0, 0.05) is 49.5 Å². The highest BCUT2D eigenvalue weighted by molar-refractivity contribution is 6.03. The molecule has 47 heavy (non-hydrogen) atoms. The summed E-state index contributed by atoms with van der Waals surface area (Å²) in [5.74, 6) is -0.174. The Morgan fingerprint density at radius 2 is 1.28 bits per heavy atom. The summed E-state index contributed by atoms with van der Waals surface area (Å²) in [6.07, 6.45) is -4.25. The quantitative estimate of drug-likeness (QED) is 0.166. The van der Waals surface area contributed by atoms with Gasteiger partial charge in [-0.05, 0) is 58.7 Å². The van der Waals surface area contributed by atoms with Gasteiger partial charge < -0.3 is 10.2 Å². The molecule has 6 rings (SSSR count). The van der Waals surface area contributed by atoms with E-state index in [4.69, 9.17) is 0 Å². The zero-order valence-electron chi connectivity index (χ0n) is 25.7. The van der Waals surface area contributed by atoms with E-state index < -0.39 is 17.8 Å². The average molecular weight is 634 g/mol. The summed E-state index contributed by atoms with van der Waals surface area (Å²) >= 11 is 0. The Bertz CT molecular complexity index is 1800. The molecular weight excluding hydrogens is 599 g/mol. The van der Waals surface area contributed by atoms with E-state index in [2.05, 4.69) is 15.1 Å². The summed E-state index contributed by atoms with van der Waals surface area (Å²) in [6.45, 7) is 2.87. The topological polar surface area (TPSA) is 52.7 Å². The molecule has 0 spiro atoms. The number of anilines is 2. The van der Waals surface area contributed by atoms with Gasteiger partial charge in [0.1, 0.15) is 6.04 Å². The Morgan fingerprint density at radius 3 is 1.91 bits per heavy atom. The van der Waals surface area contributed by atoms with E-state index in [-0.39, 0.29) is 18.1 Å². The smallest absolute Gasteiger partial charge is 0.369 e. The Morgan fingerprint density at radius 1 is 0.681 bits per heavy atom. The van der Waals surface area contributed by atoms with Crippen molar-refractivity contribution in [2.45, 2.75) is 18.6 Å². The van der Waals surface area contributed by atoms with Crippen LogP contribution in [0.5, 0.6) is 0 Å². The number of piperazine rings is 1. The van der Waals surface area contributed by atoms with E-state index in [0.29, 0.717) is 29.8 Å². The first-order valence-corrected chi connectivity index (χ1v) is 15.5. The zero-order chi connectivity index (χ0) is 32.8. The van der Waals surface area contributed by atoms with Crippen LogP contribution in [-0.2, 0) is 17.4 Å². The first-order chi connectivity index (χ1) is 22.8. The minimum Gasteiger partial charge on any atom is -0.369 e. The van der Waals surface area contributed by atoms with Crippen molar-refractivity contribution in [3.8, 4) is 11.1 Å². The predicted molar refractivity (Wildman–Crippen MR) is 179 cm³/mol. The molecule has 8 heteroatoms. The van der Waals surface area contributed by atoms with Crippen LogP contribution in [0.4, 0.5) is 24.5 Å². The SMILES string of the molecule is O=C(Cc1ccc(N2CCN(C(C(=O)Nc3ccccc3)c3ccccc3)CC2)cc1)c1ccccc1-c1ccc(C(F)(F)F)cc1. The molecule has 0 aromatic heterocycles. The molecule has 1 saturated heterocycles. The third-order valence-corrected chi connectivity index (χ3v) is 8.50. The average Bonchev–Trinajstić information content (AvgIpc) is 3.10. The lowest BCUT2D eigenvalue weighted by Crippen LogP contribution is -2.50. The maximum absolute atomic E-state index is 13.5. The zero-order valence-corrected chi connectivity index (χ0v) is 25.7. The van der Waals surface area contributed by atoms with Gasteiger partial charge in [0.15, 0.2) is 5.78 Å². The number of carbonyl (C=O) groups excluding carboxylic acids is 2. The van der Waals surface area contributed by atoms with E-state index in [1.165, 1.54) is 12.1 Å². The number of benzene rings is 5. The fourth-order valence-electron chi connectivity index (χ4n) is 6.06. The molecule has 0 saturated carbocycles. The van der Waals surface area contributed by atoms with Gasteiger partial charge in [-0.1, -0.05) is 97.1 Å². The summed E-state index contributed by atoms with van der Waals surface area (Å²) in [5.41, 5.74) is 4.50. The number of ketones is 1. The molecule has 1 atom stereocenters. The fourth-order valence-corrected chi connectivity index (χ4v) is 6.06. The molecule has 5 aromatic rings. The number of hydrogen-bond acceptors (Lipinski definition) is 4. The van der Waals surface area contributed by atoms with E-state index in [1.807, 2.05) is 84.9 Å². The minimum absolute atomic E-state index is 0.0650. The molecule has 1 aliphatic heterocycles. The summed E-state index contributed by atoms with van der Waals surface area (Å²) in [7, 11) is 0. The summed E-state index contributed by atoms with van der Waals surface area (Å²) in [4.78, 5) is 31.4. The molecule has 1 fully saturated rings. The fraction of sp³-hybridized carbons (Fsp3) is 0.179. The molecule has 0 radical (unpaired) electrons. The number of hydrogen-bond donors (Lipinski definition) is 1. The van der Waals surface area contributed by atoms with Crippen LogP contribution in [0.15, 0.2) is 133 Å². The van der Waals surface area contributed by atoms with Gasteiger partial charge in [0.05, 0.1) is 5.56 Å². The summed E-state index contributed by atoms with van der Waals surface area (Å²) in [6, 6.07) is 38.7. The molecule has 5 aromatic carbocycles. The van der Waals surface area contributed by atoms with Gasteiger partial charge >= 0.3 is 6.18 Å². The van der Waals surface area contributed by atoms with E-state index in [9.17, 15) is 22.8 Å². The number of nitrogens with one attached hydrogen (secondary N) is 1. The Balaban J connectivity index is 1.10. The third-order valence-electron chi connectivity index (χ3n) is 8.50. The highest BCUT2D eigenvalue weighted by Crippen LogP contribution is 2.32. The first kappa shape index (κ1) is 31.8. The van der Waals surface area contributed by atoms with Crippen LogP contribution < -0.4 is 10.2 Å². The monoisotopic (exact) mass is 633 g/mol. The lowest BCUT2D eigenvalue weighted by molar-refractivity contribution is -0.137. The molecule has 1 amide bonds. The van der Waals surface area contributed by atoms with Crippen LogP contribution in [0.25, 0.3) is 11.1 Å². The maximum Gasteiger partial charge on any atom is 0.416 e. The number of para-hydroxylation sites is 1. The largest absolute Gasteiger partial charge is 0.416 e. The summed E-state index contributed by atoms with van der Waals surface area (Å²) in [5, 5.41) is 3.07. The van der Waals surface area contributed by atoms with Crippen molar-refractivity contribution in [1.82, 2.24) is 4.90 Å². The van der Waals surface area contributed by atoms with Crippen molar-refractivity contribution >= 4 is 23.1 Å². The van der Waals surface area contributed by atoms with Crippen molar-refractivity contribution < 1.29 is 22.8 Å². The predicted octanol–water partition coefficient (Wildman–Crippen LogP) is 8.30. The molecule has 1 unspecified atom stereocenters. The normalized spacial score (nSPS) is 14.4. The standard InChI is InChI=1S/C39H34F3N3O2/c40-39(41,42)31-19-17-29(18-20-31)34-13-7-8-14-35(34)36(46)27-28-15-21-33(22-16-28)44-23-25-45(26-24-44)37(30-9-3-1-4-10-30)38(47)43-32-11-5-2-6-12-32/h1-22,37H,23-27H2,(H,43,47). The number of rotatable bonds is 9. The molecule has 0 bridgehead atoms. The Labute approximate surface area is 272 Å². The number of nitrogens with zero attached hydrogens (tertiary/aromatic N) is 2. The third kappa shape index (κ3) is 7.61. The molecule has 238 valence electrons. The molecule has 0 aliphatic carbocycles. The van der Waals surface area contributed by atoms with Gasteiger partial charge in [0.2, 0.25) is 5.91 Å². The van der Waals surface area contributed by atoms with E-state index in [1.54, 1.807) is 24.3 Å². The highest BCUT2D eigenvalue weighted by atomic mass is 19.4.